The molecule has 0 aromatic rings. The summed E-state index contributed by atoms with van der Waals surface area (Å²) in [6, 6.07) is 0.480. The molecule has 0 radical (unpaired) electrons. The summed E-state index contributed by atoms with van der Waals surface area (Å²) in [5, 5.41) is 12.9. The van der Waals surface area contributed by atoms with E-state index >= 15 is 0 Å². The minimum Gasteiger partial charge on any atom is -0.480 e. The van der Waals surface area contributed by atoms with Gasteiger partial charge in [0.2, 0.25) is 0 Å². The zero-order valence-electron chi connectivity index (χ0n) is 9.46. The molecule has 3 heteroatoms. The Bertz CT molecular complexity index is 250. The topological polar surface area (TPSA) is 49.3 Å². The molecular weight excluding hydrogens is 190 g/mol. The zero-order valence-corrected chi connectivity index (χ0v) is 9.46. The number of hydrogen-bond donors (Lipinski definition) is 2. The van der Waals surface area contributed by atoms with E-state index in [1.165, 1.54) is 6.42 Å². The number of nitrogens with one attached hydrogen (secondary N) is 1. The number of carbonyl (C=O) groups is 1. The Labute approximate surface area is 91.2 Å². The van der Waals surface area contributed by atoms with Crippen LogP contribution in [0.15, 0.2) is 0 Å². The molecule has 0 aromatic heterocycles. The summed E-state index contributed by atoms with van der Waals surface area (Å²) in [6.45, 7) is 2.11. The Kier molecular flexibility index (Phi) is 3.01. The number of hydrogen-bond acceptors (Lipinski definition) is 2. The van der Waals surface area contributed by atoms with Crippen molar-refractivity contribution < 1.29 is 9.90 Å². The summed E-state index contributed by atoms with van der Waals surface area (Å²) >= 11 is 0. The third-order valence-corrected chi connectivity index (χ3v) is 3.98. The van der Waals surface area contributed by atoms with Gasteiger partial charge in [-0.1, -0.05) is 26.2 Å². The number of carboxylic acid groups (broad SMARTS) is 1. The zero-order chi connectivity index (χ0) is 10.9. The predicted octanol–water partition coefficient (Wildman–Crippen LogP) is 2.16. The number of carboxylic acids is 1. The maximum absolute atomic E-state index is 11.5. The van der Waals surface area contributed by atoms with Crippen molar-refractivity contribution in [3.63, 3.8) is 0 Å². The van der Waals surface area contributed by atoms with Crippen LogP contribution in [0.4, 0.5) is 0 Å². The second-order valence-corrected chi connectivity index (χ2v) is 5.05. The molecule has 0 spiro atoms. The van der Waals surface area contributed by atoms with Gasteiger partial charge < -0.3 is 5.11 Å². The van der Waals surface area contributed by atoms with Crippen molar-refractivity contribution in [3.05, 3.63) is 0 Å². The smallest absolute Gasteiger partial charge is 0.324 e. The molecule has 86 valence electrons. The molecule has 0 amide bonds. The van der Waals surface area contributed by atoms with Crippen LogP contribution in [0.2, 0.25) is 0 Å². The first-order valence-electron chi connectivity index (χ1n) is 6.20. The molecule has 15 heavy (non-hydrogen) atoms. The van der Waals surface area contributed by atoms with E-state index in [1.807, 2.05) is 0 Å². The third-order valence-electron chi connectivity index (χ3n) is 3.98. The first kappa shape index (κ1) is 10.9. The maximum Gasteiger partial charge on any atom is 0.324 e. The average molecular weight is 211 g/mol. The molecule has 0 heterocycles. The van der Waals surface area contributed by atoms with E-state index in [0.717, 1.165) is 38.5 Å². The average Bonchev–Trinajstić information content (AvgIpc) is 3.02. The molecule has 0 aliphatic heterocycles. The third kappa shape index (κ3) is 2.03. The van der Waals surface area contributed by atoms with Gasteiger partial charge >= 0.3 is 5.97 Å². The second kappa shape index (κ2) is 4.12. The van der Waals surface area contributed by atoms with Crippen LogP contribution in [-0.2, 0) is 4.79 Å². The minimum absolute atomic E-state index is 0.323. The van der Waals surface area contributed by atoms with Crippen molar-refractivity contribution >= 4 is 5.97 Å². The van der Waals surface area contributed by atoms with E-state index < -0.39 is 11.5 Å². The van der Waals surface area contributed by atoms with Gasteiger partial charge in [0.25, 0.3) is 0 Å². The molecule has 2 rings (SSSR count). The van der Waals surface area contributed by atoms with E-state index in [2.05, 4.69) is 12.2 Å². The van der Waals surface area contributed by atoms with Crippen LogP contribution in [0.1, 0.15) is 51.9 Å². The second-order valence-electron chi connectivity index (χ2n) is 5.05. The molecule has 0 bridgehead atoms. The van der Waals surface area contributed by atoms with Gasteiger partial charge in [-0.15, -0.1) is 0 Å². The van der Waals surface area contributed by atoms with Crippen molar-refractivity contribution in [2.75, 3.05) is 0 Å². The quantitative estimate of drug-likeness (QED) is 0.749. The molecule has 0 aromatic carbocycles. The SMILES string of the molecule is CCC1CCCCC1(NC1CC1)C(=O)O. The Morgan fingerprint density at radius 3 is 2.67 bits per heavy atom. The first-order chi connectivity index (χ1) is 7.19. The molecule has 0 saturated heterocycles. The van der Waals surface area contributed by atoms with Gasteiger partial charge in [0.05, 0.1) is 0 Å². The van der Waals surface area contributed by atoms with Crippen LogP contribution in [-0.4, -0.2) is 22.7 Å². The standard InChI is InChI=1S/C12H21NO2/c1-2-9-5-3-4-8-12(9,11(14)15)13-10-6-7-10/h9-10,13H,2-8H2,1H3,(H,14,15). The van der Waals surface area contributed by atoms with Gasteiger partial charge in [-0.3, -0.25) is 10.1 Å². The lowest BCUT2D eigenvalue weighted by molar-refractivity contribution is -0.149. The molecule has 2 unspecified atom stereocenters. The highest BCUT2D eigenvalue weighted by molar-refractivity contribution is 5.79. The summed E-state index contributed by atoms with van der Waals surface area (Å²) < 4.78 is 0. The lowest BCUT2D eigenvalue weighted by Crippen LogP contribution is -2.59. The van der Waals surface area contributed by atoms with E-state index in [0.29, 0.717) is 12.0 Å². The fraction of sp³-hybridized carbons (Fsp3) is 0.917. The first-order valence-corrected chi connectivity index (χ1v) is 6.20. The van der Waals surface area contributed by atoms with Gasteiger partial charge in [-0.2, -0.15) is 0 Å². The summed E-state index contributed by atoms with van der Waals surface area (Å²) in [6.07, 6.45) is 7.44. The fourth-order valence-corrected chi connectivity index (χ4v) is 2.92. The normalized spacial score (nSPS) is 36.5. The Morgan fingerprint density at radius 2 is 2.13 bits per heavy atom. The van der Waals surface area contributed by atoms with Crippen LogP contribution in [0.25, 0.3) is 0 Å². The summed E-state index contributed by atoms with van der Waals surface area (Å²) in [4.78, 5) is 11.5. The Hall–Kier alpha value is -0.570. The fourth-order valence-electron chi connectivity index (χ4n) is 2.92. The van der Waals surface area contributed by atoms with Crippen LogP contribution in [0.3, 0.4) is 0 Å². The van der Waals surface area contributed by atoms with Gasteiger partial charge in [0.15, 0.2) is 0 Å². The van der Waals surface area contributed by atoms with E-state index in [-0.39, 0.29) is 0 Å². The van der Waals surface area contributed by atoms with E-state index in [1.54, 1.807) is 0 Å². The van der Waals surface area contributed by atoms with Crippen LogP contribution < -0.4 is 5.32 Å². The summed E-state index contributed by atoms with van der Waals surface area (Å²) in [7, 11) is 0. The molecular formula is C12H21NO2. The van der Waals surface area contributed by atoms with Gasteiger partial charge in [-0.05, 0) is 31.6 Å². The van der Waals surface area contributed by atoms with Gasteiger partial charge in [-0.25, -0.2) is 0 Å². The number of rotatable bonds is 4. The molecule has 2 saturated carbocycles. The highest BCUT2D eigenvalue weighted by atomic mass is 16.4. The lowest BCUT2D eigenvalue weighted by Gasteiger charge is -2.41. The summed E-state index contributed by atoms with van der Waals surface area (Å²) in [5.41, 5.74) is -0.603. The van der Waals surface area contributed by atoms with Crippen molar-refractivity contribution in [2.24, 2.45) is 5.92 Å². The van der Waals surface area contributed by atoms with Gasteiger partial charge in [0.1, 0.15) is 5.54 Å². The van der Waals surface area contributed by atoms with Crippen molar-refractivity contribution in [1.82, 2.24) is 5.32 Å². The van der Waals surface area contributed by atoms with Crippen molar-refractivity contribution in [3.8, 4) is 0 Å². The molecule has 2 fully saturated rings. The highest BCUT2D eigenvalue weighted by Gasteiger charge is 2.48. The van der Waals surface area contributed by atoms with Crippen molar-refractivity contribution in [1.29, 1.82) is 0 Å². The molecule has 2 aliphatic rings. The summed E-state index contributed by atoms with van der Waals surface area (Å²) in [5.74, 6) is -0.301. The van der Waals surface area contributed by atoms with Crippen molar-refractivity contribution in [2.45, 2.75) is 63.5 Å². The van der Waals surface area contributed by atoms with E-state index in [4.69, 9.17) is 0 Å². The Balaban J connectivity index is 2.15. The molecule has 2 aliphatic carbocycles. The Morgan fingerprint density at radius 1 is 1.40 bits per heavy atom. The van der Waals surface area contributed by atoms with Crippen LogP contribution >= 0.6 is 0 Å². The largest absolute Gasteiger partial charge is 0.480 e. The van der Waals surface area contributed by atoms with Crippen LogP contribution in [0.5, 0.6) is 0 Å². The monoisotopic (exact) mass is 211 g/mol. The predicted molar refractivity (Wildman–Crippen MR) is 58.8 cm³/mol. The van der Waals surface area contributed by atoms with Crippen LogP contribution in [0, 0.1) is 5.92 Å². The number of aliphatic carboxylic acids is 1. The van der Waals surface area contributed by atoms with E-state index in [9.17, 15) is 9.90 Å². The maximum atomic E-state index is 11.5. The minimum atomic E-state index is -0.624. The highest BCUT2D eigenvalue weighted by Crippen LogP contribution is 2.38. The van der Waals surface area contributed by atoms with Gasteiger partial charge in [0, 0.05) is 6.04 Å². The molecule has 2 N–H and O–H groups in total. The lowest BCUT2D eigenvalue weighted by atomic mass is 9.71. The molecule has 2 atom stereocenters. The molecule has 3 nitrogen and oxygen atoms in total.